The van der Waals surface area contributed by atoms with Crippen molar-refractivity contribution < 1.29 is 13.9 Å². The molecule has 5 aromatic rings. The van der Waals surface area contributed by atoms with Crippen molar-refractivity contribution in [2.75, 3.05) is 0 Å². The van der Waals surface area contributed by atoms with Crippen LogP contribution >= 0.6 is 0 Å². The van der Waals surface area contributed by atoms with Gasteiger partial charge in [0.2, 0.25) is 0 Å². The van der Waals surface area contributed by atoms with Gasteiger partial charge in [-0.3, -0.25) is 4.79 Å². The Bertz CT molecular complexity index is 1680. The molecule has 0 spiro atoms. The van der Waals surface area contributed by atoms with E-state index >= 15 is 0 Å². The molecule has 0 saturated heterocycles. The molecule has 1 aliphatic carbocycles. The summed E-state index contributed by atoms with van der Waals surface area (Å²) in [5, 5.41) is 2.06. The van der Waals surface area contributed by atoms with E-state index in [4.69, 9.17) is 9.15 Å². The summed E-state index contributed by atoms with van der Waals surface area (Å²) in [5.74, 6) is 0.967. The van der Waals surface area contributed by atoms with Crippen LogP contribution in [0.4, 0.5) is 0 Å². The second-order valence-corrected chi connectivity index (χ2v) is 9.68. The van der Waals surface area contributed by atoms with Gasteiger partial charge in [0.15, 0.2) is 5.78 Å². The third kappa shape index (κ3) is 2.99. The maximum absolute atomic E-state index is 13.8. The van der Waals surface area contributed by atoms with Crippen LogP contribution in [0.25, 0.3) is 32.9 Å². The van der Waals surface area contributed by atoms with E-state index in [0.29, 0.717) is 39.2 Å². The standard InChI is InChI=1S/C30H22O4/c1-30(2,3)17-12-14-18(15-13-17)33-29-22-11-7-6-10-21(22)28-25-23(16-24(31)34-28)19-8-4-5-9-20(19)27(32)26(25)29/h4-16H,1-3H3. The Morgan fingerprint density at radius 3 is 2.09 bits per heavy atom. The highest BCUT2D eigenvalue weighted by molar-refractivity contribution is 6.31. The predicted molar refractivity (Wildman–Crippen MR) is 134 cm³/mol. The van der Waals surface area contributed by atoms with E-state index in [1.807, 2.05) is 66.7 Å². The van der Waals surface area contributed by atoms with E-state index in [2.05, 4.69) is 20.8 Å². The number of hydrogen-bond acceptors (Lipinski definition) is 4. The summed E-state index contributed by atoms with van der Waals surface area (Å²) < 4.78 is 12.1. The monoisotopic (exact) mass is 446 g/mol. The average molecular weight is 447 g/mol. The second-order valence-electron chi connectivity index (χ2n) is 9.68. The van der Waals surface area contributed by atoms with E-state index < -0.39 is 5.63 Å². The molecule has 0 aliphatic heterocycles. The van der Waals surface area contributed by atoms with E-state index in [-0.39, 0.29) is 11.2 Å². The fourth-order valence-corrected chi connectivity index (χ4v) is 4.79. The van der Waals surface area contributed by atoms with Gasteiger partial charge in [-0.1, -0.05) is 81.4 Å². The molecule has 0 radical (unpaired) electrons. The molecule has 0 unspecified atom stereocenters. The van der Waals surface area contributed by atoms with Crippen molar-refractivity contribution >= 4 is 27.5 Å². The highest BCUT2D eigenvalue weighted by Gasteiger charge is 2.32. The van der Waals surface area contributed by atoms with Crippen LogP contribution in [-0.2, 0) is 5.41 Å². The Morgan fingerprint density at radius 1 is 0.735 bits per heavy atom. The lowest BCUT2D eigenvalue weighted by molar-refractivity contribution is 0.103. The number of hydrogen-bond donors (Lipinski definition) is 0. The first-order valence-corrected chi connectivity index (χ1v) is 11.3. The maximum Gasteiger partial charge on any atom is 0.336 e. The quantitative estimate of drug-likeness (QED) is 0.208. The lowest BCUT2D eigenvalue weighted by Crippen LogP contribution is -2.14. The topological polar surface area (TPSA) is 56.5 Å². The molecular weight excluding hydrogens is 424 g/mol. The molecular formula is C30H22O4. The number of carbonyl (C=O) groups excluding carboxylic acids is 1. The van der Waals surface area contributed by atoms with Crippen LogP contribution in [0, 0.1) is 0 Å². The molecule has 0 fully saturated rings. The lowest BCUT2D eigenvalue weighted by Gasteiger charge is -2.23. The van der Waals surface area contributed by atoms with Crippen molar-refractivity contribution in [1.82, 2.24) is 0 Å². The molecule has 4 aromatic carbocycles. The van der Waals surface area contributed by atoms with Crippen molar-refractivity contribution in [2.24, 2.45) is 0 Å². The van der Waals surface area contributed by atoms with Gasteiger partial charge >= 0.3 is 5.63 Å². The van der Waals surface area contributed by atoms with Gasteiger partial charge in [0, 0.05) is 33.4 Å². The summed E-state index contributed by atoms with van der Waals surface area (Å²) in [6.45, 7) is 6.49. The van der Waals surface area contributed by atoms with Crippen LogP contribution in [0.1, 0.15) is 42.3 Å². The molecule has 0 amide bonds. The van der Waals surface area contributed by atoms with Crippen LogP contribution < -0.4 is 10.4 Å². The van der Waals surface area contributed by atoms with Crippen LogP contribution in [0.3, 0.4) is 0 Å². The summed E-state index contributed by atoms with van der Waals surface area (Å²) in [6.07, 6.45) is 0. The molecule has 4 heteroatoms. The molecule has 34 heavy (non-hydrogen) atoms. The molecule has 1 aliphatic rings. The van der Waals surface area contributed by atoms with E-state index in [1.54, 1.807) is 6.07 Å². The van der Waals surface area contributed by atoms with Gasteiger partial charge in [0.1, 0.15) is 17.1 Å². The molecule has 6 rings (SSSR count). The Hall–Kier alpha value is -4.18. The normalized spacial score (nSPS) is 12.7. The maximum atomic E-state index is 13.8. The molecule has 0 saturated carbocycles. The minimum absolute atomic E-state index is 0.0201. The largest absolute Gasteiger partial charge is 0.456 e. The number of ketones is 1. The van der Waals surface area contributed by atoms with E-state index in [0.717, 1.165) is 16.3 Å². The molecule has 0 bridgehead atoms. The fraction of sp³-hybridized carbons (Fsp3) is 0.133. The summed E-state index contributed by atoms with van der Waals surface area (Å²) in [5.41, 5.74) is 3.56. The first-order valence-electron chi connectivity index (χ1n) is 11.3. The SMILES string of the molecule is CC(C)(C)c1ccc(Oc2c3c4c(cc(=O)oc4c4ccccc24)-c2ccccc2C3=O)cc1. The number of carbonyl (C=O) groups is 1. The van der Waals surface area contributed by atoms with Gasteiger partial charge in [-0.2, -0.15) is 0 Å². The molecule has 1 aromatic heterocycles. The zero-order valence-electron chi connectivity index (χ0n) is 19.1. The second kappa shape index (κ2) is 7.16. The summed E-state index contributed by atoms with van der Waals surface area (Å²) >= 11 is 0. The summed E-state index contributed by atoms with van der Waals surface area (Å²) in [4.78, 5) is 26.4. The highest BCUT2D eigenvalue weighted by atomic mass is 16.5. The lowest BCUT2D eigenvalue weighted by atomic mass is 9.82. The minimum atomic E-state index is -0.450. The van der Waals surface area contributed by atoms with Gasteiger partial charge in [-0.25, -0.2) is 4.79 Å². The van der Waals surface area contributed by atoms with Crippen molar-refractivity contribution in [3.8, 4) is 22.6 Å². The third-order valence-corrected chi connectivity index (χ3v) is 6.48. The van der Waals surface area contributed by atoms with Gasteiger partial charge in [-0.15, -0.1) is 0 Å². The Kier molecular flexibility index (Phi) is 4.30. The van der Waals surface area contributed by atoms with Crippen molar-refractivity contribution in [1.29, 1.82) is 0 Å². The minimum Gasteiger partial charge on any atom is -0.456 e. The fourth-order valence-electron chi connectivity index (χ4n) is 4.79. The summed E-state index contributed by atoms with van der Waals surface area (Å²) in [7, 11) is 0. The zero-order chi connectivity index (χ0) is 23.6. The molecule has 0 N–H and O–H groups in total. The highest BCUT2D eigenvalue weighted by Crippen LogP contribution is 2.47. The molecule has 0 atom stereocenters. The van der Waals surface area contributed by atoms with Gasteiger partial charge < -0.3 is 9.15 Å². The number of ether oxygens (including phenoxy) is 1. The number of rotatable bonds is 2. The van der Waals surface area contributed by atoms with Crippen molar-refractivity contribution in [3.63, 3.8) is 0 Å². The zero-order valence-corrected chi connectivity index (χ0v) is 19.1. The average Bonchev–Trinajstić information content (AvgIpc) is 2.83. The first kappa shape index (κ1) is 20.4. The smallest absolute Gasteiger partial charge is 0.336 e. The van der Waals surface area contributed by atoms with Crippen LogP contribution in [-0.4, -0.2) is 5.78 Å². The van der Waals surface area contributed by atoms with Crippen molar-refractivity contribution in [2.45, 2.75) is 26.2 Å². The van der Waals surface area contributed by atoms with Gasteiger partial charge in [0.25, 0.3) is 0 Å². The van der Waals surface area contributed by atoms with Crippen LogP contribution in [0.15, 0.2) is 88.1 Å². The Morgan fingerprint density at radius 2 is 1.38 bits per heavy atom. The van der Waals surface area contributed by atoms with Crippen LogP contribution in [0.5, 0.6) is 11.5 Å². The number of fused-ring (bicyclic) bond motifs is 4. The van der Waals surface area contributed by atoms with E-state index in [1.165, 1.54) is 11.6 Å². The summed E-state index contributed by atoms with van der Waals surface area (Å²) in [6, 6.07) is 24.3. The van der Waals surface area contributed by atoms with Gasteiger partial charge in [0.05, 0.1) is 5.56 Å². The predicted octanol–water partition coefficient (Wildman–Crippen LogP) is 7.25. The Labute approximate surface area is 196 Å². The molecule has 166 valence electrons. The Balaban J connectivity index is 1.69. The molecule has 1 heterocycles. The van der Waals surface area contributed by atoms with E-state index in [9.17, 15) is 9.59 Å². The molecule has 4 nitrogen and oxygen atoms in total. The first-order chi connectivity index (χ1) is 16.3. The van der Waals surface area contributed by atoms with Crippen molar-refractivity contribution in [3.05, 3.63) is 106 Å². The van der Waals surface area contributed by atoms with Crippen LogP contribution in [0.2, 0.25) is 0 Å². The third-order valence-electron chi connectivity index (χ3n) is 6.48. The number of benzene rings is 4. The van der Waals surface area contributed by atoms with Gasteiger partial charge in [-0.05, 0) is 28.7 Å².